The Morgan fingerprint density at radius 1 is 0.361 bits per heavy atom. The summed E-state index contributed by atoms with van der Waals surface area (Å²) in [4.78, 5) is -1.63. The lowest BCUT2D eigenvalue weighted by Gasteiger charge is -2.28. The summed E-state index contributed by atoms with van der Waals surface area (Å²) in [6.07, 6.45) is 0. The number of hydrogen-bond donors (Lipinski definition) is 0. The van der Waals surface area contributed by atoms with Crippen molar-refractivity contribution in [3.05, 3.63) is 108 Å². The number of alkyl halides is 3. The van der Waals surface area contributed by atoms with Crippen molar-refractivity contribution in [1.29, 1.82) is 0 Å². The number of hydrogen-bond acceptors (Lipinski definition) is 0. The fraction of sp³-hybridized carbons (Fsp3) is 0.273. The van der Waals surface area contributed by atoms with Crippen molar-refractivity contribution in [3.8, 4) is 33.4 Å². The third-order valence-electron chi connectivity index (χ3n) is 6.62. The van der Waals surface area contributed by atoms with E-state index in [2.05, 4.69) is 78.9 Å². The van der Waals surface area contributed by atoms with Gasteiger partial charge in [0.1, 0.15) is 0 Å². The zero-order valence-electron chi connectivity index (χ0n) is 21.8. The maximum absolute atomic E-state index is 6.98. The van der Waals surface area contributed by atoms with Crippen molar-refractivity contribution in [2.24, 2.45) is 0 Å². The number of halogens is 3. The minimum atomic E-state index is -0.558. The molecule has 0 saturated carbocycles. The van der Waals surface area contributed by atoms with Crippen molar-refractivity contribution in [2.75, 3.05) is 0 Å². The van der Waals surface area contributed by atoms with Crippen LogP contribution in [-0.2, 0) is 14.6 Å². The fourth-order valence-electron chi connectivity index (χ4n) is 4.98. The third-order valence-corrected chi connectivity index (χ3v) is 7.23. The Balaban J connectivity index is 2.18. The molecule has 0 heterocycles. The van der Waals surface area contributed by atoms with Gasteiger partial charge in [-0.25, -0.2) is 0 Å². The van der Waals surface area contributed by atoms with Gasteiger partial charge in [-0.3, -0.25) is 0 Å². The van der Waals surface area contributed by atoms with Gasteiger partial charge < -0.3 is 0 Å². The monoisotopic (exact) mass is 534 g/mol. The Hall–Kier alpha value is -2.25. The van der Waals surface area contributed by atoms with Gasteiger partial charge in [0.25, 0.3) is 0 Å². The highest BCUT2D eigenvalue weighted by Gasteiger charge is 2.29. The molecule has 0 atom stereocenters. The molecule has 0 bridgehead atoms. The quantitative estimate of drug-likeness (QED) is 0.215. The Kier molecular flexibility index (Phi) is 7.37. The van der Waals surface area contributed by atoms with E-state index in [4.69, 9.17) is 34.8 Å². The summed E-state index contributed by atoms with van der Waals surface area (Å²) in [5, 5.41) is 0. The van der Waals surface area contributed by atoms with Crippen LogP contribution in [-0.4, -0.2) is 0 Å². The molecule has 186 valence electrons. The molecule has 0 unspecified atom stereocenters. The molecule has 36 heavy (non-hydrogen) atoms. The predicted octanol–water partition coefficient (Wildman–Crippen LogP) is 11.1. The van der Waals surface area contributed by atoms with Gasteiger partial charge in [0.05, 0.1) is 14.6 Å². The van der Waals surface area contributed by atoms with Gasteiger partial charge in [-0.05, 0) is 91.6 Å². The van der Waals surface area contributed by atoms with E-state index in [0.717, 1.165) is 50.1 Å². The van der Waals surface area contributed by atoms with E-state index in [1.54, 1.807) is 0 Å². The van der Waals surface area contributed by atoms with E-state index in [9.17, 15) is 0 Å². The van der Waals surface area contributed by atoms with Crippen molar-refractivity contribution in [1.82, 2.24) is 0 Å². The lowest BCUT2D eigenvalue weighted by atomic mass is 9.80. The molecular formula is C33H33Cl3. The molecule has 4 aromatic rings. The van der Waals surface area contributed by atoms with Crippen LogP contribution >= 0.6 is 34.8 Å². The second kappa shape index (κ2) is 9.90. The summed E-state index contributed by atoms with van der Waals surface area (Å²) in [6.45, 7) is 12.2. The average Bonchev–Trinajstić information content (AvgIpc) is 2.82. The minimum Gasteiger partial charge on any atom is -0.115 e. The van der Waals surface area contributed by atoms with Gasteiger partial charge >= 0.3 is 0 Å². The maximum atomic E-state index is 6.98. The van der Waals surface area contributed by atoms with Gasteiger partial charge in [0.15, 0.2) is 0 Å². The molecule has 0 aliphatic heterocycles. The molecule has 0 radical (unpaired) electrons. The molecule has 0 aliphatic rings. The van der Waals surface area contributed by atoms with Crippen LogP contribution in [0.25, 0.3) is 33.4 Å². The van der Waals surface area contributed by atoms with Crippen LogP contribution in [0.4, 0.5) is 0 Å². The van der Waals surface area contributed by atoms with Crippen LogP contribution in [0, 0.1) is 0 Å². The summed E-state index contributed by atoms with van der Waals surface area (Å²) in [5.41, 5.74) is 9.93. The largest absolute Gasteiger partial charge is 0.115 e. The van der Waals surface area contributed by atoms with E-state index in [1.165, 1.54) is 0 Å². The molecule has 4 aromatic carbocycles. The molecule has 3 heteroatoms. The Bertz CT molecular complexity index is 1300. The minimum absolute atomic E-state index is 0.537. The smallest absolute Gasteiger partial charge is 0.0644 e. The lowest BCUT2D eigenvalue weighted by Crippen LogP contribution is -2.12. The molecule has 4 rings (SSSR count). The van der Waals surface area contributed by atoms with E-state index >= 15 is 0 Å². The highest BCUT2D eigenvalue weighted by atomic mass is 35.5. The molecule has 0 amide bonds. The van der Waals surface area contributed by atoms with Crippen LogP contribution in [0.1, 0.15) is 58.2 Å². The van der Waals surface area contributed by atoms with Gasteiger partial charge in [0, 0.05) is 0 Å². The highest BCUT2D eigenvalue weighted by molar-refractivity contribution is 6.25. The maximum Gasteiger partial charge on any atom is 0.0644 e. The first-order valence-electron chi connectivity index (χ1n) is 12.3. The first-order chi connectivity index (χ1) is 16.8. The normalized spacial score (nSPS) is 12.6. The van der Waals surface area contributed by atoms with Crippen molar-refractivity contribution >= 4 is 34.8 Å². The van der Waals surface area contributed by atoms with Gasteiger partial charge in [-0.2, -0.15) is 0 Å². The molecule has 0 spiro atoms. The van der Waals surface area contributed by atoms with Crippen molar-refractivity contribution in [3.63, 3.8) is 0 Å². The first-order valence-corrected chi connectivity index (χ1v) is 13.4. The van der Waals surface area contributed by atoms with E-state index < -0.39 is 14.6 Å². The summed E-state index contributed by atoms with van der Waals surface area (Å²) in [5.74, 6) is 0. The first kappa shape index (κ1) is 26.8. The Morgan fingerprint density at radius 3 is 1.00 bits per heavy atom. The molecule has 0 aliphatic carbocycles. The van der Waals surface area contributed by atoms with Crippen LogP contribution < -0.4 is 0 Å². The summed E-state index contributed by atoms with van der Waals surface area (Å²) in [6, 6.07) is 31.7. The van der Waals surface area contributed by atoms with E-state index in [0.29, 0.717) is 0 Å². The molecule has 0 saturated heterocycles. The van der Waals surface area contributed by atoms with Gasteiger partial charge in [-0.1, -0.05) is 91.0 Å². The Morgan fingerprint density at radius 2 is 0.639 bits per heavy atom. The zero-order chi connectivity index (χ0) is 26.3. The summed E-state index contributed by atoms with van der Waals surface area (Å²) in [7, 11) is 0. The molecular weight excluding hydrogens is 503 g/mol. The predicted molar refractivity (Wildman–Crippen MR) is 159 cm³/mol. The standard InChI is InChI=1S/C33H33Cl3/c1-31(2,34)27-19-10-7-14-22(27)24-17-13-18-25(23-15-8-11-20-28(23)32(3,4)35)30(24)26-16-9-12-21-29(26)33(5,6)36/h7-21H,1-6H3. The molecule has 0 fully saturated rings. The van der Waals surface area contributed by atoms with Gasteiger partial charge in [-0.15, -0.1) is 34.8 Å². The molecule has 0 N–H and O–H groups in total. The molecule has 0 nitrogen and oxygen atoms in total. The van der Waals surface area contributed by atoms with Crippen molar-refractivity contribution < 1.29 is 0 Å². The second-order valence-corrected chi connectivity index (χ2v) is 13.6. The highest BCUT2D eigenvalue weighted by Crippen LogP contribution is 2.48. The lowest BCUT2D eigenvalue weighted by molar-refractivity contribution is 0.766. The zero-order valence-corrected chi connectivity index (χ0v) is 24.1. The van der Waals surface area contributed by atoms with Crippen LogP contribution in [0.15, 0.2) is 91.0 Å². The average molecular weight is 536 g/mol. The summed E-state index contributed by atoms with van der Waals surface area (Å²) >= 11 is 20.8. The van der Waals surface area contributed by atoms with E-state index in [1.807, 2.05) is 53.7 Å². The van der Waals surface area contributed by atoms with E-state index in [-0.39, 0.29) is 0 Å². The fourth-order valence-corrected chi connectivity index (χ4v) is 5.48. The topological polar surface area (TPSA) is 0 Å². The van der Waals surface area contributed by atoms with Gasteiger partial charge in [0.2, 0.25) is 0 Å². The second-order valence-electron chi connectivity index (χ2n) is 10.8. The number of benzene rings is 4. The van der Waals surface area contributed by atoms with Crippen LogP contribution in [0.3, 0.4) is 0 Å². The van der Waals surface area contributed by atoms with Crippen molar-refractivity contribution in [2.45, 2.75) is 56.2 Å². The third kappa shape index (κ3) is 5.37. The van der Waals surface area contributed by atoms with Crippen LogP contribution in [0.2, 0.25) is 0 Å². The SMILES string of the molecule is CC(C)(Cl)c1ccccc1-c1cccc(-c2ccccc2C(C)(C)Cl)c1-c1ccccc1C(C)(C)Cl. The number of rotatable bonds is 6. The van der Waals surface area contributed by atoms with Crippen LogP contribution in [0.5, 0.6) is 0 Å². The Labute approximate surface area is 231 Å². The summed E-state index contributed by atoms with van der Waals surface area (Å²) < 4.78 is 0. The molecule has 0 aromatic heterocycles.